The molecule has 0 bridgehead atoms. The highest BCUT2D eigenvalue weighted by Crippen LogP contribution is 2.23. The molecule has 2 amide bonds. The van der Waals surface area contributed by atoms with Crippen molar-refractivity contribution in [2.75, 3.05) is 12.4 Å². The molecule has 0 aliphatic carbocycles. The fourth-order valence-electron chi connectivity index (χ4n) is 2.09. The van der Waals surface area contributed by atoms with E-state index in [1.54, 1.807) is 43.5 Å². The number of ether oxygens (including phenoxy) is 1. The predicted molar refractivity (Wildman–Crippen MR) is 90.0 cm³/mol. The summed E-state index contributed by atoms with van der Waals surface area (Å²) in [5.41, 5.74) is 1.44. The first-order valence-corrected chi connectivity index (χ1v) is 7.36. The van der Waals surface area contributed by atoms with E-state index in [0.29, 0.717) is 22.6 Å². The van der Waals surface area contributed by atoms with Crippen LogP contribution in [-0.2, 0) is 0 Å². The van der Waals surface area contributed by atoms with Crippen molar-refractivity contribution in [1.82, 2.24) is 5.32 Å². The zero-order valence-corrected chi connectivity index (χ0v) is 13.4. The third kappa shape index (κ3) is 4.32. The number of carbonyl (C=O) groups is 2. The average molecular weight is 312 g/mol. The van der Waals surface area contributed by atoms with E-state index < -0.39 is 0 Å². The lowest BCUT2D eigenvalue weighted by Gasteiger charge is -2.11. The highest BCUT2D eigenvalue weighted by Gasteiger charge is 2.12. The largest absolute Gasteiger partial charge is 0.495 e. The summed E-state index contributed by atoms with van der Waals surface area (Å²) in [5.74, 6) is 0.0789. The van der Waals surface area contributed by atoms with Crippen LogP contribution in [0.3, 0.4) is 0 Å². The van der Waals surface area contributed by atoms with Gasteiger partial charge < -0.3 is 15.4 Å². The first-order valence-electron chi connectivity index (χ1n) is 7.36. The molecule has 5 nitrogen and oxygen atoms in total. The van der Waals surface area contributed by atoms with Crippen molar-refractivity contribution in [2.45, 2.75) is 19.9 Å². The van der Waals surface area contributed by atoms with Gasteiger partial charge >= 0.3 is 0 Å². The molecule has 0 aliphatic heterocycles. The van der Waals surface area contributed by atoms with Gasteiger partial charge in [-0.1, -0.05) is 18.2 Å². The molecule has 0 unspecified atom stereocenters. The van der Waals surface area contributed by atoms with Crippen molar-refractivity contribution < 1.29 is 14.3 Å². The third-order valence-corrected chi connectivity index (χ3v) is 3.16. The standard InChI is InChI=1S/C18H20N2O3/c1-12(2)19-17(21)13-7-6-8-14(11-13)18(22)20-15-9-4-5-10-16(15)23-3/h4-12H,1-3H3,(H,19,21)(H,20,22). The molecule has 23 heavy (non-hydrogen) atoms. The first kappa shape index (κ1) is 16.5. The lowest BCUT2D eigenvalue weighted by Crippen LogP contribution is -2.30. The number of nitrogens with one attached hydrogen (secondary N) is 2. The smallest absolute Gasteiger partial charge is 0.255 e. The average Bonchev–Trinajstić information content (AvgIpc) is 2.55. The number of para-hydroxylation sites is 2. The van der Waals surface area contributed by atoms with Gasteiger partial charge in [0.2, 0.25) is 0 Å². The SMILES string of the molecule is COc1ccccc1NC(=O)c1cccc(C(=O)NC(C)C)c1. The molecular formula is C18H20N2O3. The van der Waals surface area contributed by atoms with Crippen molar-refractivity contribution in [2.24, 2.45) is 0 Å². The van der Waals surface area contributed by atoms with Gasteiger partial charge in [0.1, 0.15) is 5.75 Å². The first-order chi connectivity index (χ1) is 11.0. The van der Waals surface area contributed by atoms with E-state index in [0.717, 1.165) is 0 Å². The fourth-order valence-corrected chi connectivity index (χ4v) is 2.09. The van der Waals surface area contributed by atoms with Gasteiger partial charge in [-0.2, -0.15) is 0 Å². The van der Waals surface area contributed by atoms with Gasteiger partial charge in [-0.25, -0.2) is 0 Å². The molecule has 0 radical (unpaired) electrons. The molecule has 0 spiro atoms. The molecule has 0 saturated carbocycles. The van der Waals surface area contributed by atoms with E-state index in [9.17, 15) is 9.59 Å². The summed E-state index contributed by atoms with van der Waals surface area (Å²) in [6.07, 6.45) is 0. The maximum atomic E-state index is 12.4. The minimum Gasteiger partial charge on any atom is -0.495 e. The van der Waals surface area contributed by atoms with Crippen LogP contribution in [0.1, 0.15) is 34.6 Å². The normalized spacial score (nSPS) is 10.3. The van der Waals surface area contributed by atoms with Crippen LogP contribution in [0.4, 0.5) is 5.69 Å². The Morgan fingerprint density at radius 1 is 0.957 bits per heavy atom. The minimum atomic E-state index is -0.298. The Morgan fingerprint density at radius 3 is 2.26 bits per heavy atom. The second-order valence-corrected chi connectivity index (χ2v) is 5.36. The zero-order chi connectivity index (χ0) is 16.8. The minimum absolute atomic E-state index is 0.0357. The number of anilines is 1. The van der Waals surface area contributed by atoms with Crippen LogP contribution in [0.15, 0.2) is 48.5 Å². The number of methoxy groups -OCH3 is 1. The van der Waals surface area contributed by atoms with Crippen molar-refractivity contribution in [3.05, 3.63) is 59.7 Å². The van der Waals surface area contributed by atoms with E-state index in [1.165, 1.54) is 0 Å². The number of carbonyl (C=O) groups excluding carboxylic acids is 2. The predicted octanol–water partition coefficient (Wildman–Crippen LogP) is 3.09. The number of hydrogen-bond acceptors (Lipinski definition) is 3. The van der Waals surface area contributed by atoms with Gasteiger partial charge in [-0.3, -0.25) is 9.59 Å². The summed E-state index contributed by atoms with van der Waals surface area (Å²) in [6, 6.07) is 13.8. The molecule has 0 heterocycles. The number of hydrogen-bond donors (Lipinski definition) is 2. The molecular weight excluding hydrogens is 292 g/mol. The van der Waals surface area contributed by atoms with Crippen LogP contribution >= 0.6 is 0 Å². The lowest BCUT2D eigenvalue weighted by atomic mass is 10.1. The molecule has 0 saturated heterocycles. The van der Waals surface area contributed by atoms with Crippen molar-refractivity contribution >= 4 is 17.5 Å². The van der Waals surface area contributed by atoms with Crippen LogP contribution in [0.25, 0.3) is 0 Å². The molecule has 0 fully saturated rings. The Labute approximate surface area is 135 Å². The second-order valence-electron chi connectivity index (χ2n) is 5.36. The monoisotopic (exact) mass is 312 g/mol. The Kier molecular flexibility index (Phi) is 5.36. The van der Waals surface area contributed by atoms with Gasteiger partial charge in [0.05, 0.1) is 12.8 Å². The van der Waals surface area contributed by atoms with E-state index in [4.69, 9.17) is 4.74 Å². The zero-order valence-electron chi connectivity index (χ0n) is 13.4. The number of benzene rings is 2. The number of rotatable bonds is 5. The Bertz CT molecular complexity index is 711. The van der Waals surface area contributed by atoms with Gasteiger partial charge in [0, 0.05) is 17.2 Å². The third-order valence-electron chi connectivity index (χ3n) is 3.16. The van der Waals surface area contributed by atoms with Gasteiger partial charge in [-0.05, 0) is 44.2 Å². The molecule has 2 aromatic rings. The molecule has 2 rings (SSSR count). The topological polar surface area (TPSA) is 67.4 Å². The summed E-state index contributed by atoms with van der Waals surface area (Å²) in [7, 11) is 1.54. The van der Waals surface area contributed by atoms with Gasteiger partial charge in [0.25, 0.3) is 11.8 Å². The van der Waals surface area contributed by atoms with Crippen molar-refractivity contribution in [3.63, 3.8) is 0 Å². The molecule has 2 N–H and O–H groups in total. The molecule has 0 aliphatic rings. The van der Waals surface area contributed by atoms with Crippen LogP contribution in [0, 0.1) is 0 Å². The Balaban J connectivity index is 2.18. The summed E-state index contributed by atoms with van der Waals surface area (Å²) in [5, 5.41) is 5.59. The van der Waals surface area contributed by atoms with E-state index in [-0.39, 0.29) is 17.9 Å². The number of amides is 2. The van der Waals surface area contributed by atoms with E-state index in [2.05, 4.69) is 10.6 Å². The lowest BCUT2D eigenvalue weighted by molar-refractivity contribution is 0.0943. The quantitative estimate of drug-likeness (QED) is 0.891. The van der Waals surface area contributed by atoms with Crippen LogP contribution in [0.2, 0.25) is 0 Å². The van der Waals surface area contributed by atoms with Gasteiger partial charge in [0.15, 0.2) is 0 Å². The van der Waals surface area contributed by atoms with Crippen LogP contribution < -0.4 is 15.4 Å². The molecule has 2 aromatic carbocycles. The maximum Gasteiger partial charge on any atom is 0.255 e. The van der Waals surface area contributed by atoms with Crippen molar-refractivity contribution in [3.8, 4) is 5.75 Å². The molecule has 5 heteroatoms. The maximum absolute atomic E-state index is 12.4. The molecule has 0 atom stereocenters. The second kappa shape index (κ2) is 7.45. The van der Waals surface area contributed by atoms with E-state index in [1.807, 2.05) is 26.0 Å². The van der Waals surface area contributed by atoms with Gasteiger partial charge in [-0.15, -0.1) is 0 Å². The Hall–Kier alpha value is -2.82. The van der Waals surface area contributed by atoms with Crippen LogP contribution in [-0.4, -0.2) is 25.0 Å². The van der Waals surface area contributed by atoms with Crippen LogP contribution in [0.5, 0.6) is 5.75 Å². The fraction of sp³-hybridized carbons (Fsp3) is 0.222. The summed E-state index contributed by atoms with van der Waals surface area (Å²) in [6.45, 7) is 3.77. The summed E-state index contributed by atoms with van der Waals surface area (Å²) >= 11 is 0. The van der Waals surface area contributed by atoms with E-state index >= 15 is 0 Å². The highest BCUT2D eigenvalue weighted by atomic mass is 16.5. The molecule has 120 valence electrons. The Morgan fingerprint density at radius 2 is 1.61 bits per heavy atom. The van der Waals surface area contributed by atoms with Crippen molar-refractivity contribution in [1.29, 1.82) is 0 Å². The summed E-state index contributed by atoms with van der Waals surface area (Å²) < 4.78 is 5.21. The summed E-state index contributed by atoms with van der Waals surface area (Å²) in [4.78, 5) is 24.4. The highest BCUT2D eigenvalue weighted by molar-refractivity contribution is 6.06. The molecule has 0 aromatic heterocycles.